The van der Waals surface area contributed by atoms with Crippen LogP contribution < -0.4 is 5.32 Å². The van der Waals surface area contributed by atoms with Gasteiger partial charge < -0.3 is 5.32 Å². The SMILES string of the molecule is CC(NC(=O)C1CC1c1ccccc1F)c1ccc(F)cc1. The Kier molecular flexibility index (Phi) is 3.92. The fourth-order valence-electron chi connectivity index (χ4n) is 2.76. The molecule has 0 aromatic heterocycles. The second-order valence-corrected chi connectivity index (χ2v) is 5.75. The fourth-order valence-corrected chi connectivity index (χ4v) is 2.76. The number of carbonyl (C=O) groups excluding carboxylic acids is 1. The summed E-state index contributed by atoms with van der Waals surface area (Å²) in [7, 11) is 0. The van der Waals surface area contributed by atoms with E-state index < -0.39 is 0 Å². The zero-order valence-electron chi connectivity index (χ0n) is 12.2. The summed E-state index contributed by atoms with van der Waals surface area (Å²) in [5, 5.41) is 2.91. The van der Waals surface area contributed by atoms with Crippen LogP contribution in [0, 0.1) is 17.6 Å². The van der Waals surface area contributed by atoms with Gasteiger partial charge in [-0.05, 0) is 48.6 Å². The smallest absolute Gasteiger partial charge is 0.224 e. The fraction of sp³-hybridized carbons (Fsp3) is 0.278. The van der Waals surface area contributed by atoms with Crippen molar-refractivity contribution in [2.24, 2.45) is 5.92 Å². The first kappa shape index (κ1) is 14.7. The van der Waals surface area contributed by atoms with Crippen LogP contribution in [0.4, 0.5) is 8.78 Å². The van der Waals surface area contributed by atoms with Gasteiger partial charge in [0.15, 0.2) is 0 Å². The normalized spacial score (nSPS) is 21.2. The third-order valence-corrected chi connectivity index (χ3v) is 4.16. The summed E-state index contributed by atoms with van der Waals surface area (Å²) in [6.07, 6.45) is 0.670. The van der Waals surface area contributed by atoms with Gasteiger partial charge in [0.2, 0.25) is 5.91 Å². The average molecular weight is 301 g/mol. The zero-order chi connectivity index (χ0) is 15.7. The molecule has 0 spiro atoms. The van der Waals surface area contributed by atoms with E-state index in [1.165, 1.54) is 18.2 Å². The standard InChI is InChI=1S/C18H17F2NO/c1-11(12-6-8-13(19)9-7-12)21-18(22)16-10-15(16)14-4-2-3-5-17(14)20/h2-9,11,15-16H,10H2,1H3,(H,21,22). The molecule has 0 heterocycles. The second kappa shape index (κ2) is 5.87. The molecule has 114 valence electrons. The van der Waals surface area contributed by atoms with Crippen LogP contribution in [-0.2, 0) is 4.79 Å². The Bertz CT molecular complexity index is 684. The molecule has 0 aliphatic heterocycles. The lowest BCUT2D eigenvalue weighted by Crippen LogP contribution is -2.28. The zero-order valence-corrected chi connectivity index (χ0v) is 12.2. The van der Waals surface area contributed by atoms with Gasteiger partial charge in [-0.1, -0.05) is 30.3 Å². The van der Waals surface area contributed by atoms with E-state index in [-0.39, 0.29) is 35.4 Å². The molecule has 1 fully saturated rings. The molecule has 0 radical (unpaired) electrons. The molecule has 3 unspecified atom stereocenters. The maximum atomic E-state index is 13.7. The van der Waals surface area contributed by atoms with Crippen LogP contribution in [0.5, 0.6) is 0 Å². The molecular formula is C18H17F2NO. The first-order chi connectivity index (χ1) is 10.6. The van der Waals surface area contributed by atoms with Gasteiger partial charge in [0.1, 0.15) is 11.6 Å². The van der Waals surface area contributed by atoms with Crippen molar-refractivity contribution in [1.29, 1.82) is 0 Å². The summed E-state index contributed by atoms with van der Waals surface area (Å²) in [6, 6.07) is 12.4. The number of hydrogen-bond donors (Lipinski definition) is 1. The minimum absolute atomic E-state index is 0.0402. The van der Waals surface area contributed by atoms with Crippen LogP contribution in [-0.4, -0.2) is 5.91 Å². The van der Waals surface area contributed by atoms with E-state index in [9.17, 15) is 13.6 Å². The molecule has 0 bridgehead atoms. The minimum Gasteiger partial charge on any atom is -0.349 e. The molecule has 2 aromatic carbocycles. The number of hydrogen-bond acceptors (Lipinski definition) is 1. The lowest BCUT2D eigenvalue weighted by atomic mass is 10.1. The van der Waals surface area contributed by atoms with Crippen LogP contribution in [0.15, 0.2) is 48.5 Å². The molecule has 3 rings (SSSR count). The molecule has 22 heavy (non-hydrogen) atoms. The molecule has 4 heteroatoms. The summed E-state index contributed by atoms with van der Waals surface area (Å²) in [6.45, 7) is 1.85. The van der Waals surface area contributed by atoms with Crippen molar-refractivity contribution >= 4 is 5.91 Å². The Labute approximate surface area is 128 Å². The lowest BCUT2D eigenvalue weighted by molar-refractivity contribution is -0.123. The van der Waals surface area contributed by atoms with Crippen LogP contribution in [0.25, 0.3) is 0 Å². The Morgan fingerprint density at radius 3 is 2.50 bits per heavy atom. The van der Waals surface area contributed by atoms with Gasteiger partial charge in [-0.15, -0.1) is 0 Å². The van der Waals surface area contributed by atoms with E-state index in [2.05, 4.69) is 5.32 Å². The van der Waals surface area contributed by atoms with Crippen molar-refractivity contribution in [2.45, 2.75) is 25.3 Å². The number of amides is 1. The third kappa shape index (κ3) is 3.01. The van der Waals surface area contributed by atoms with Gasteiger partial charge in [0.25, 0.3) is 0 Å². The highest BCUT2D eigenvalue weighted by atomic mass is 19.1. The maximum Gasteiger partial charge on any atom is 0.224 e. The monoisotopic (exact) mass is 301 g/mol. The largest absolute Gasteiger partial charge is 0.349 e. The highest BCUT2D eigenvalue weighted by molar-refractivity contribution is 5.83. The van der Waals surface area contributed by atoms with Gasteiger partial charge in [-0.3, -0.25) is 4.79 Å². The number of carbonyl (C=O) groups is 1. The molecule has 1 amide bonds. The molecular weight excluding hydrogens is 284 g/mol. The molecule has 0 saturated heterocycles. The van der Waals surface area contributed by atoms with Crippen molar-refractivity contribution in [3.8, 4) is 0 Å². The van der Waals surface area contributed by atoms with E-state index in [4.69, 9.17) is 0 Å². The minimum atomic E-state index is -0.302. The number of nitrogens with one attached hydrogen (secondary N) is 1. The van der Waals surface area contributed by atoms with Crippen molar-refractivity contribution in [2.75, 3.05) is 0 Å². The second-order valence-electron chi connectivity index (χ2n) is 5.75. The van der Waals surface area contributed by atoms with Crippen molar-refractivity contribution in [3.05, 3.63) is 71.3 Å². The topological polar surface area (TPSA) is 29.1 Å². The first-order valence-electron chi connectivity index (χ1n) is 7.36. The maximum absolute atomic E-state index is 13.7. The predicted octanol–water partition coefficient (Wildman–Crippen LogP) is 3.95. The van der Waals surface area contributed by atoms with Crippen molar-refractivity contribution in [1.82, 2.24) is 5.32 Å². The Morgan fingerprint density at radius 1 is 1.14 bits per heavy atom. The van der Waals surface area contributed by atoms with Gasteiger partial charge in [-0.25, -0.2) is 8.78 Å². The van der Waals surface area contributed by atoms with Gasteiger partial charge >= 0.3 is 0 Å². The Morgan fingerprint density at radius 2 is 1.82 bits per heavy atom. The number of rotatable bonds is 4. The Hall–Kier alpha value is -2.23. The molecule has 2 nitrogen and oxygen atoms in total. The van der Waals surface area contributed by atoms with Gasteiger partial charge in [0.05, 0.1) is 6.04 Å². The quantitative estimate of drug-likeness (QED) is 0.910. The van der Waals surface area contributed by atoms with Crippen molar-refractivity contribution in [3.63, 3.8) is 0 Å². The first-order valence-corrected chi connectivity index (χ1v) is 7.36. The third-order valence-electron chi connectivity index (χ3n) is 4.16. The van der Waals surface area contributed by atoms with Crippen LogP contribution in [0.3, 0.4) is 0 Å². The molecule has 1 N–H and O–H groups in total. The summed E-state index contributed by atoms with van der Waals surface area (Å²) in [5.41, 5.74) is 1.45. The highest BCUT2D eigenvalue weighted by Crippen LogP contribution is 2.48. The average Bonchev–Trinajstić information content (AvgIpc) is 3.28. The van der Waals surface area contributed by atoms with E-state index >= 15 is 0 Å². The molecule has 1 aliphatic rings. The molecule has 1 saturated carbocycles. The van der Waals surface area contributed by atoms with Crippen LogP contribution in [0.2, 0.25) is 0 Å². The van der Waals surface area contributed by atoms with E-state index in [1.54, 1.807) is 30.3 Å². The van der Waals surface area contributed by atoms with E-state index in [1.807, 2.05) is 6.92 Å². The number of halogens is 2. The van der Waals surface area contributed by atoms with Gasteiger partial charge in [-0.2, -0.15) is 0 Å². The summed E-state index contributed by atoms with van der Waals surface area (Å²) in [4.78, 5) is 12.2. The van der Waals surface area contributed by atoms with Crippen LogP contribution in [0.1, 0.15) is 36.4 Å². The summed E-state index contributed by atoms with van der Waals surface area (Å²) in [5.74, 6) is -0.857. The summed E-state index contributed by atoms with van der Waals surface area (Å²) >= 11 is 0. The molecule has 2 aromatic rings. The molecule has 1 aliphatic carbocycles. The summed E-state index contributed by atoms with van der Waals surface area (Å²) < 4.78 is 26.6. The lowest BCUT2D eigenvalue weighted by Gasteiger charge is -2.14. The van der Waals surface area contributed by atoms with E-state index in [0.717, 1.165) is 5.56 Å². The van der Waals surface area contributed by atoms with Crippen LogP contribution >= 0.6 is 0 Å². The highest BCUT2D eigenvalue weighted by Gasteiger charge is 2.45. The molecule has 3 atom stereocenters. The van der Waals surface area contributed by atoms with E-state index in [0.29, 0.717) is 12.0 Å². The Balaban J connectivity index is 1.62. The van der Waals surface area contributed by atoms with Crippen molar-refractivity contribution < 1.29 is 13.6 Å². The van der Waals surface area contributed by atoms with Gasteiger partial charge in [0, 0.05) is 5.92 Å². The number of benzene rings is 2. The predicted molar refractivity (Wildman–Crippen MR) is 80.2 cm³/mol.